The highest BCUT2D eigenvalue weighted by atomic mass is 15.3. The van der Waals surface area contributed by atoms with Crippen LogP contribution in [-0.2, 0) is 0 Å². The summed E-state index contributed by atoms with van der Waals surface area (Å²) < 4.78 is 0. The lowest BCUT2D eigenvalue weighted by Crippen LogP contribution is -2.23. The third-order valence-corrected chi connectivity index (χ3v) is 10.2. The zero-order chi connectivity index (χ0) is 32.3. The van der Waals surface area contributed by atoms with Gasteiger partial charge in [-0.25, -0.2) is 0 Å². The number of benzene rings is 9. The molecule has 1 atom stereocenters. The van der Waals surface area contributed by atoms with E-state index in [-0.39, 0.29) is 6.17 Å². The van der Waals surface area contributed by atoms with Crippen molar-refractivity contribution in [3.05, 3.63) is 188 Å². The van der Waals surface area contributed by atoms with E-state index in [0.29, 0.717) is 0 Å². The molecule has 10 rings (SSSR count). The number of rotatable bonds is 5. The fraction of sp³-hybridized carbons (Fsp3) is 0.0213. The predicted octanol–water partition coefficient (Wildman–Crippen LogP) is 12.8. The van der Waals surface area contributed by atoms with Crippen molar-refractivity contribution in [1.82, 2.24) is 0 Å². The lowest BCUT2D eigenvalue weighted by atomic mass is 9.85. The van der Waals surface area contributed by atoms with Gasteiger partial charge >= 0.3 is 0 Å². The zero-order valence-electron chi connectivity index (χ0n) is 26.8. The van der Waals surface area contributed by atoms with E-state index < -0.39 is 0 Å². The molecule has 49 heavy (non-hydrogen) atoms. The van der Waals surface area contributed by atoms with E-state index in [0.717, 1.165) is 11.4 Å². The highest BCUT2D eigenvalue weighted by molar-refractivity contribution is 6.28. The Hall–Kier alpha value is -6.38. The third kappa shape index (κ3) is 4.49. The maximum Gasteiger partial charge on any atom is 0.130 e. The summed E-state index contributed by atoms with van der Waals surface area (Å²) >= 11 is 0. The number of para-hydroxylation sites is 2. The smallest absolute Gasteiger partial charge is 0.130 e. The van der Waals surface area contributed by atoms with Crippen LogP contribution in [-0.4, -0.2) is 0 Å². The minimum Gasteiger partial charge on any atom is -0.359 e. The Kier molecular flexibility index (Phi) is 6.28. The van der Waals surface area contributed by atoms with Gasteiger partial charge in [-0.05, 0) is 102 Å². The van der Waals surface area contributed by atoms with Gasteiger partial charge in [-0.1, -0.05) is 152 Å². The van der Waals surface area contributed by atoms with Crippen LogP contribution in [0.25, 0.3) is 65.7 Å². The minimum atomic E-state index is 0.0180. The molecule has 1 aliphatic rings. The van der Waals surface area contributed by atoms with E-state index in [1.807, 2.05) is 0 Å². The molecule has 1 unspecified atom stereocenters. The highest BCUT2D eigenvalue weighted by Crippen LogP contribution is 2.48. The van der Waals surface area contributed by atoms with Crippen LogP contribution < -0.4 is 10.2 Å². The summed E-state index contributed by atoms with van der Waals surface area (Å²) in [6.07, 6.45) is 0.0180. The van der Waals surface area contributed by atoms with Crippen LogP contribution in [0.3, 0.4) is 0 Å². The average Bonchev–Trinajstić information content (AvgIpc) is 3.57. The third-order valence-electron chi connectivity index (χ3n) is 10.2. The summed E-state index contributed by atoms with van der Waals surface area (Å²) in [7, 11) is 0. The molecule has 2 heteroatoms. The Morgan fingerprint density at radius 2 is 0.959 bits per heavy atom. The van der Waals surface area contributed by atoms with E-state index in [4.69, 9.17) is 0 Å². The Labute approximate surface area is 285 Å². The molecular weight excluding hydrogens is 593 g/mol. The lowest BCUT2D eigenvalue weighted by molar-refractivity contribution is 0.828. The first-order valence-corrected chi connectivity index (χ1v) is 17.0. The van der Waals surface area contributed by atoms with Crippen molar-refractivity contribution in [1.29, 1.82) is 0 Å². The molecule has 0 aromatic heterocycles. The monoisotopic (exact) mass is 624 g/mol. The van der Waals surface area contributed by atoms with Crippen LogP contribution in [0, 0.1) is 0 Å². The second-order valence-corrected chi connectivity index (χ2v) is 13.0. The Morgan fingerprint density at radius 3 is 1.63 bits per heavy atom. The fourth-order valence-electron chi connectivity index (χ4n) is 7.90. The zero-order valence-corrected chi connectivity index (χ0v) is 26.8. The van der Waals surface area contributed by atoms with Crippen LogP contribution in [0.1, 0.15) is 11.7 Å². The fourth-order valence-corrected chi connectivity index (χ4v) is 7.90. The second-order valence-electron chi connectivity index (χ2n) is 13.0. The molecule has 230 valence electrons. The summed E-state index contributed by atoms with van der Waals surface area (Å²) in [4.78, 5) is 2.41. The first kappa shape index (κ1) is 27.7. The van der Waals surface area contributed by atoms with Gasteiger partial charge < -0.3 is 10.2 Å². The molecule has 0 bridgehead atoms. The second kappa shape index (κ2) is 11.1. The van der Waals surface area contributed by atoms with Crippen molar-refractivity contribution < 1.29 is 0 Å². The van der Waals surface area contributed by atoms with Crippen LogP contribution in [0.5, 0.6) is 0 Å². The number of fused-ring (bicyclic) bond motifs is 1. The highest BCUT2D eigenvalue weighted by Gasteiger charge is 2.31. The molecule has 1 aliphatic heterocycles. The average molecular weight is 625 g/mol. The summed E-state index contributed by atoms with van der Waals surface area (Å²) in [5, 5.41) is 11.6. The number of anilines is 3. The van der Waals surface area contributed by atoms with Crippen molar-refractivity contribution in [2.24, 2.45) is 0 Å². The summed E-state index contributed by atoms with van der Waals surface area (Å²) in [6.45, 7) is 0. The lowest BCUT2D eigenvalue weighted by Gasteiger charge is -2.27. The topological polar surface area (TPSA) is 15.3 Å². The molecule has 0 spiro atoms. The quantitative estimate of drug-likeness (QED) is 0.192. The van der Waals surface area contributed by atoms with Crippen molar-refractivity contribution in [3.8, 4) is 33.4 Å². The van der Waals surface area contributed by atoms with Crippen LogP contribution >= 0.6 is 0 Å². The Morgan fingerprint density at radius 1 is 0.408 bits per heavy atom. The van der Waals surface area contributed by atoms with E-state index in [1.165, 1.54) is 76.9 Å². The standard InChI is InChI=1S/C47H32N2/c1-3-10-31(11-4-1)32-18-20-33(21-19-32)41-30-42(40-29-25-36-15-9-14-35-24-28-39(41)46(40)45(35)36)34-22-26-38(27-23-34)49-44-17-8-7-16-43(44)48-47(49)37-12-5-2-6-13-37/h1-30,47-48H. The van der Waals surface area contributed by atoms with Crippen molar-refractivity contribution in [3.63, 3.8) is 0 Å². The molecule has 0 saturated heterocycles. The molecular formula is C47H32N2. The first-order valence-electron chi connectivity index (χ1n) is 17.0. The van der Waals surface area contributed by atoms with E-state index in [2.05, 4.69) is 192 Å². The summed E-state index contributed by atoms with van der Waals surface area (Å²) in [6, 6.07) is 66.4. The van der Waals surface area contributed by atoms with E-state index in [1.54, 1.807) is 0 Å². The normalized spacial score (nSPS) is 14.0. The van der Waals surface area contributed by atoms with Crippen LogP contribution in [0.4, 0.5) is 17.1 Å². The molecule has 9 aromatic rings. The van der Waals surface area contributed by atoms with Gasteiger partial charge in [0.15, 0.2) is 0 Å². The summed E-state index contributed by atoms with van der Waals surface area (Å²) in [5.74, 6) is 0. The van der Waals surface area contributed by atoms with Gasteiger partial charge in [-0.3, -0.25) is 0 Å². The van der Waals surface area contributed by atoms with Gasteiger partial charge in [0.2, 0.25) is 0 Å². The van der Waals surface area contributed by atoms with Crippen LogP contribution in [0.15, 0.2) is 182 Å². The molecule has 0 saturated carbocycles. The molecule has 0 aliphatic carbocycles. The van der Waals surface area contributed by atoms with E-state index in [9.17, 15) is 0 Å². The summed E-state index contributed by atoms with van der Waals surface area (Å²) in [5.41, 5.74) is 12.1. The maximum atomic E-state index is 3.76. The van der Waals surface area contributed by atoms with Crippen molar-refractivity contribution in [2.75, 3.05) is 10.2 Å². The van der Waals surface area contributed by atoms with Gasteiger partial charge in [-0.15, -0.1) is 0 Å². The molecule has 9 aromatic carbocycles. The molecule has 1 heterocycles. The molecule has 0 fully saturated rings. The number of nitrogens with zero attached hydrogens (tertiary/aromatic N) is 1. The van der Waals surface area contributed by atoms with Gasteiger partial charge in [0, 0.05) is 5.69 Å². The van der Waals surface area contributed by atoms with Gasteiger partial charge in [0.25, 0.3) is 0 Å². The Bertz CT molecular complexity index is 2590. The minimum absolute atomic E-state index is 0.0180. The van der Waals surface area contributed by atoms with Gasteiger partial charge in [-0.2, -0.15) is 0 Å². The van der Waals surface area contributed by atoms with E-state index >= 15 is 0 Å². The largest absolute Gasteiger partial charge is 0.359 e. The number of hydrogen-bond acceptors (Lipinski definition) is 2. The van der Waals surface area contributed by atoms with Crippen molar-refractivity contribution >= 4 is 49.4 Å². The number of nitrogens with one attached hydrogen (secondary N) is 1. The van der Waals surface area contributed by atoms with Crippen LogP contribution in [0.2, 0.25) is 0 Å². The molecule has 0 amide bonds. The maximum absolute atomic E-state index is 3.76. The first-order chi connectivity index (χ1) is 24.3. The van der Waals surface area contributed by atoms with Gasteiger partial charge in [0.05, 0.1) is 11.4 Å². The van der Waals surface area contributed by atoms with Gasteiger partial charge in [0.1, 0.15) is 6.17 Å². The molecule has 0 radical (unpaired) electrons. The molecule has 2 nitrogen and oxygen atoms in total. The van der Waals surface area contributed by atoms with Crippen molar-refractivity contribution in [2.45, 2.75) is 6.17 Å². The predicted molar refractivity (Wildman–Crippen MR) is 208 cm³/mol. The SMILES string of the molecule is c1ccc(-c2ccc(-c3cc(-c4ccc(N5c6ccccc6NC5c5ccccc5)cc4)c4ccc5cccc6ccc3c4c65)cc2)cc1. The molecule has 1 N–H and O–H groups in total. The number of hydrogen-bond donors (Lipinski definition) is 1. The Balaban J connectivity index is 1.14.